The van der Waals surface area contributed by atoms with Crippen LogP contribution in [0.15, 0.2) is 42.7 Å². The van der Waals surface area contributed by atoms with E-state index in [-0.39, 0.29) is 25.0 Å². The van der Waals surface area contributed by atoms with Crippen LogP contribution in [0, 0.1) is 0 Å². The van der Waals surface area contributed by atoms with Crippen molar-refractivity contribution in [1.29, 1.82) is 0 Å². The molecule has 0 spiro atoms. The molecule has 0 atom stereocenters. The first-order valence-electron chi connectivity index (χ1n) is 8.54. The van der Waals surface area contributed by atoms with Gasteiger partial charge >= 0.3 is 0 Å². The third kappa shape index (κ3) is 3.17. The molecule has 0 aliphatic carbocycles. The van der Waals surface area contributed by atoms with Crippen LogP contribution in [-0.2, 0) is 9.59 Å². The zero-order valence-electron chi connectivity index (χ0n) is 14.2. The Morgan fingerprint density at radius 2 is 1.77 bits per heavy atom. The number of amides is 2. The van der Waals surface area contributed by atoms with E-state index in [1.165, 1.54) is 4.90 Å². The summed E-state index contributed by atoms with van der Waals surface area (Å²) >= 11 is 0. The molecule has 2 aromatic rings. The van der Waals surface area contributed by atoms with Crippen molar-refractivity contribution < 1.29 is 14.3 Å². The summed E-state index contributed by atoms with van der Waals surface area (Å²) in [7, 11) is 0. The number of piperazine rings is 1. The van der Waals surface area contributed by atoms with E-state index in [4.69, 9.17) is 4.74 Å². The molecule has 2 amide bonds. The van der Waals surface area contributed by atoms with Crippen LogP contribution in [0.3, 0.4) is 0 Å². The molecule has 134 valence electrons. The van der Waals surface area contributed by atoms with Crippen LogP contribution in [-0.4, -0.2) is 66.0 Å². The molecule has 26 heavy (non-hydrogen) atoms. The molecular weight excluding hydrogens is 334 g/mol. The highest BCUT2D eigenvalue weighted by Crippen LogP contribution is 2.31. The van der Waals surface area contributed by atoms with Crippen LogP contribution in [0.2, 0.25) is 0 Å². The summed E-state index contributed by atoms with van der Waals surface area (Å²) in [4.78, 5) is 38.8. The lowest BCUT2D eigenvalue weighted by molar-refractivity contribution is -0.132. The van der Waals surface area contributed by atoms with Crippen molar-refractivity contribution in [3.8, 4) is 5.75 Å². The summed E-state index contributed by atoms with van der Waals surface area (Å²) in [6.45, 7) is 2.49. The van der Waals surface area contributed by atoms with Gasteiger partial charge in [0.05, 0.1) is 5.69 Å². The molecular formula is C18H19N5O3. The van der Waals surface area contributed by atoms with Crippen LogP contribution < -0.4 is 14.5 Å². The lowest BCUT2D eigenvalue weighted by Gasteiger charge is -2.36. The predicted molar refractivity (Wildman–Crippen MR) is 95.1 cm³/mol. The zero-order chi connectivity index (χ0) is 17.9. The molecule has 8 heteroatoms. The minimum absolute atomic E-state index is 0.0288. The smallest absolute Gasteiger partial charge is 0.265 e. The summed E-state index contributed by atoms with van der Waals surface area (Å²) in [5.74, 6) is 1.04. The van der Waals surface area contributed by atoms with Crippen molar-refractivity contribution in [1.82, 2.24) is 14.9 Å². The highest BCUT2D eigenvalue weighted by atomic mass is 16.5. The van der Waals surface area contributed by atoms with Gasteiger partial charge in [-0.1, -0.05) is 12.1 Å². The van der Waals surface area contributed by atoms with Crippen molar-refractivity contribution in [2.24, 2.45) is 0 Å². The third-order valence-corrected chi connectivity index (χ3v) is 4.57. The molecule has 8 nitrogen and oxygen atoms in total. The Labute approximate surface area is 151 Å². The molecule has 2 aliphatic heterocycles. The highest BCUT2D eigenvalue weighted by Gasteiger charge is 2.30. The number of anilines is 2. The van der Waals surface area contributed by atoms with Gasteiger partial charge in [0.25, 0.3) is 5.91 Å². The van der Waals surface area contributed by atoms with Crippen molar-refractivity contribution in [3.05, 3.63) is 42.7 Å². The van der Waals surface area contributed by atoms with Gasteiger partial charge in [0.1, 0.15) is 12.3 Å². The number of nitrogens with zero attached hydrogens (tertiary/aromatic N) is 5. The molecule has 1 saturated heterocycles. The van der Waals surface area contributed by atoms with Crippen LogP contribution in [0.25, 0.3) is 0 Å². The van der Waals surface area contributed by atoms with Gasteiger partial charge in [-0.25, -0.2) is 9.97 Å². The molecule has 0 N–H and O–H groups in total. The molecule has 0 radical (unpaired) electrons. The number of aromatic nitrogens is 2. The molecule has 0 saturated carbocycles. The Bertz CT molecular complexity index is 805. The van der Waals surface area contributed by atoms with Crippen LogP contribution in [0.1, 0.15) is 0 Å². The van der Waals surface area contributed by atoms with E-state index < -0.39 is 0 Å². The Balaban J connectivity index is 1.40. The SMILES string of the molecule is O=C(CN1C(=O)COc2ccccc21)N1CCN(c2ncccn2)CC1. The molecule has 1 aromatic heterocycles. The maximum Gasteiger partial charge on any atom is 0.265 e. The number of rotatable bonds is 3. The summed E-state index contributed by atoms with van der Waals surface area (Å²) in [5.41, 5.74) is 0.647. The molecule has 0 unspecified atom stereocenters. The van der Waals surface area contributed by atoms with Gasteiger partial charge < -0.3 is 14.5 Å². The second-order valence-electron chi connectivity index (χ2n) is 6.15. The Hall–Kier alpha value is -3.16. The van der Waals surface area contributed by atoms with Crippen molar-refractivity contribution in [3.63, 3.8) is 0 Å². The number of fused-ring (bicyclic) bond motifs is 1. The highest BCUT2D eigenvalue weighted by molar-refractivity contribution is 6.02. The van der Waals surface area contributed by atoms with Crippen LogP contribution in [0.4, 0.5) is 11.6 Å². The zero-order valence-corrected chi connectivity index (χ0v) is 14.2. The van der Waals surface area contributed by atoms with Gasteiger partial charge in [-0.3, -0.25) is 14.5 Å². The third-order valence-electron chi connectivity index (χ3n) is 4.57. The Morgan fingerprint density at radius 1 is 1.04 bits per heavy atom. The predicted octanol–water partition coefficient (Wildman–Crippen LogP) is 0.551. The molecule has 3 heterocycles. The number of hydrogen-bond acceptors (Lipinski definition) is 6. The summed E-state index contributed by atoms with van der Waals surface area (Å²) in [6.07, 6.45) is 3.42. The average Bonchev–Trinajstić information content (AvgIpc) is 2.71. The van der Waals surface area contributed by atoms with Gasteiger partial charge in [0, 0.05) is 38.6 Å². The van der Waals surface area contributed by atoms with Gasteiger partial charge in [0.15, 0.2) is 6.61 Å². The van der Waals surface area contributed by atoms with Crippen molar-refractivity contribution in [2.45, 2.75) is 0 Å². The van der Waals surface area contributed by atoms with E-state index in [1.54, 1.807) is 35.5 Å². The van der Waals surface area contributed by atoms with Gasteiger partial charge in [-0.15, -0.1) is 0 Å². The molecule has 2 aliphatic rings. The minimum atomic E-state index is -0.201. The first kappa shape index (κ1) is 16.3. The first-order valence-corrected chi connectivity index (χ1v) is 8.54. The lowest BCUT2D eigenvalue weighted by Crippen LogP contribution is -2.53. The standard InChI is InChI=1S/C18H19N5O3/c24-16(12-23-14-4-1-2-5-15(14)26-13-17(23)25)21-8-10-22(11-9-21)18-19-6-3-7-20-18/h1-7H,8-13H2. The molecule has 1 fully saturated rings. The van der Waals surface area contributed by atoms with Crippen molar-refractivity contribution in [2.75, 3.05) is 49.1 Å². The van der Waals surface area contributed by atoms with E-state index >= 15 is 0 Å². The number of hydrogen-bond donors (Lipinski definition) is 0. The number of ether oxygens (including phenoxy) is 1. The Kier molecular flexibility index (Phi) is 4.39. The van der Waals surface area contributed by atoms with E-state index in [9.17, 15) is 9.59 Å². The monoisotopic (exact) mass is 353 g/mol. The fourth-order valence-electron chi connectivity index (χ4n) is 3.17. The van der Waals surface area contributed by atoms with Crippen LogP contribution >= 0.6 is 0 Å². The van der Waals surface area contributed by atoms with Gasteiger partial charge in [-0.2, -0.15) is 0 Å². The molecule has 1 aromatic carbocycles. The summed E-state index contributed by atoms with van der Waals surface area (Å²) in [6, 6.07) is 9.05. The van der Waals surface area contributed by atoms with E-state index in [1.807, 2.05) is 12.1 Å². The number of benzene rings is 1. The van der Waals surface area contributed by atoms with Crippen molar-refractivity contribution >= 4 is 23.5 Å². The lowest BCUT2D eigenvalue weighted by atomic mass is 10.2. The second kappa shape index (κ2) is 6.99. The fourth-order valence-corrected chi connectivity index (χ4v) is 3.17. The Morgan fingerprint density at radius 3 is 2.54 bits per heavy atom. The topological polar surface area (TPSA) is 78.9 Å². The maximum atomic E-state index is 12.7. The average molecular weight is 353 g/mol. The minimum Gasteiger partial charge on any atom is -0.482 e. The van der Waals surface area contributed by atoms with Gasteiger partial charge in [-0.05, 0) is 18.2 Å². The quantitative estimate of drug-likeness (QED) is 0.802. The maximum absolute atomic E-state index is 12.7. The second-order valence-corrected chi connectivity index (χ2v) is 6.15. The summed E-state index contributed by atoms with van der Waals surface area (Å²) in [5, 5.41) is 0. The van der Waals surface area contributed by atoms with E-state index in [0.717, 1.165) is 0 Å². The summed E-state index contributed by atoms with van der Waals surface area (Å²) < 4.78 is 5.42. The van der Waals surface area contributed by atoms with E-state index in [0.29, 0.717) is 43.6 Å². The fraction of sp³-hybridized carbons (Fsp3) is 0.333. The largest absolute Gasteiger partial charge is 0.482 e. The first-order chi connectivity index (χ1) is 12.7. The van der Waals surface area contributed by atoms with Gasteiger partial charge in [0.2, 0.25) is 11.9 Å². The normalized spacial score (nSPS) is 16.9. The molecule has 0 bridgehead atoms. The van der Waals surface area contributed by atoms with Crippen LogP contribution in [0.5, 0.6) is 5.75 Å². The van der Waals surface area contributed by atoms with E-state index in [2.05, 4.69) is 14.9 Å². The number of carbonyl (C=O) groups is 2. The number of para-hydroxylation sites is 2. The molecule has 4 rings (SSSR count). The number of carbonyl (C=O) groups excluding carboxylic acids is 2.